The number of amides is 16. The van der Waals surface area contributed by atoms with Crippen molar-refractivity contribution in [3.63, 3.8) is 0 Å². The number of carbonyl (C=O) groups excluding carboxylic acids is 16. The van der Waals surface area contributed by atoms with E-state index >= 15 is 0 Å². The number of likely N-dealkylation sites (tertiary alicyclic amines) is 1. The Morgan fingerprint density at radius 1 is 0.477 bits per heavy atom. The van der Waals surface area contributed by atoms with Crippen LogP contribution in [-0.2, 0) is 86.3 Å². The summed E-state index contributed by atoms with van der Waals surface area (Å²) in [5.74, 6) is -20.3. The molecule has 0 spiro atoms. The Hall–Kier alpha value is -9.35. The van der Waals surface area contributed by atoms with Gasteiger partial charge in [0.2, 0.25) is 94.5 Å². The summed E-state index contributed by atoms with van der Waals surface area (Å²) in [5.41, 5.74) is 22.3. The maximum Gasteiger partial charge on any atom is 0.328 e. The van der Waals surface area contributed by atoms with Gasteiger partial charge in [-0.3, -0.25) is 81.5 Å². The first-order valence-corrected chi connectivity index (χ1v) is 36.3. The zero-order chi connectivity index (χ0) is 81.7. The lowest BCUT2D eigenvalue weighted by molar-refractivity contribution is -0.144. The summed E-state index contributed by atoms with van der Waals surface area (Å²) in [6.45, 7) is 13.6. The van der Waals surface area contributed by atoms with Crippen LogP contribution in [0, 0.1) is 23.7 Å². The minimum Gasteiger partial charge on any atom is -0.481 e. The molecule has 0 aromatic carbocycles. The van der Waals surface area contributed by atoms with Crippen molar-refractivity contribution in [3.8, 4) is 0 Å². The third-order valence-electron chi connectivity index (χ3n) is 17.4. The molecule has 1 aliphatic heterocycles. The van der Waals surface area contributed by atoms with Crippen LogP contribution in [0.1, 0.15) is 159 Å². The van der Waals surface area contributed by atoms with Gasteiger partial charge in [-0.25, -0.2) is 4.79 Å². The Labute approximate surface area is 626 Å². The Morgan fingerprint density at radius 2 is 0.907 bits per heavy atom. The van der Waals surface area contributed by atoms with E-state index in [-0.39, 0.29) is 69.2 Å². The average Bonchev–Trinajstić information content (AvgIpc) is 1.78. The second kappa shape index (κ2) is 48.8. The van der Waals surface area contributed by atoms with E-state index in [1.165, 1.54) is 25.7 Å². The molecule has 107 heavy (non-hydrogen) atoms. The van der Waals surface area contributed by atoms with Crippen LogP contribution in [0.15, 0.2) is 0 Å². The molecule has 16 atom stereocenters. The van der Waals surface area contributed by atoms with Gasteiger partial charge in [-0.15, -0.1) is 0 Å². The monoisotopic (exact) mass is 1540 g/mol. The third kappa shape index (κ3) is 34.4. The predicted molar refractivity (Wildman–Crippen MR) is 386 cm³/mol. The van der Waals surface area contributed by atoms with E-state index in [4.69, 9.17) is 22.9 Å². The highest BCUT2D eigenvalue weighted by Gasteiger charge is 2.41. The number of aliphatic hydroxyl groups excluding tert-OH is 2. The van der Waals surface area contributed by atoms with Crippen LogP contribution in [0.25, 0.3) is 0 Å². The van der Waals surface area contributed by atoms with Crippen molar-refractivity contribution in [1.82, 2.24) is 74.0 Å². The third-order valence-corrected chi connectivity index (χ3v) is 17.8. The van der Waals surface area contributed by atoms with Crippen molar-refractivity contribution in [1.29, 1.82) is 0 Å². The second-order valence-corrected chi connectivity index (χ2v) is 27.7. The molecule has 1 rings (SSSR count). The molecule has 16 amide bonds. The van der Waals surface area contributed by atoms with E-state index in [0.29, 0.717) is 19.3 Å². The number of thiol groups is 1. The highest BCUT2D eigenvalue weighted by molar-refractivity contribution is 7.80. The largest absolute Gasteiger partial charge is 0.481 e. The quantitative estimate of drug-likeness (QED) is 0.0199. The molecular formula is C66H114N18O22S. The fourth-order valence-electron chi connectivity index (χ4n) is 10.8. The minimum absolute atomic E-state index is 0.0114. The zero-order valence-corrected chi connectivity index (χ0v) is 63.3. The van der Waals surface area contributed by atoms with E-state index in [0.717, 1.165) is 0 Å². The van der Waals surface area contributed by atoms with Crippen molar-refractivity contribution in [3.05, 3.63) is 0 Å². The van der Waals surface area contributed by atoms with Crippen LogP contribution in [0.5, 0.6) is 0 Å². The summed E-state index contributed by atoms with van der Waals surface area (Å²) in [7, 11) is 0. The lowest BCUT2D eigenvalue weighted by Crippen LogP contribution is -2.61. The topological polar surface area (TPSA) is 652 Å². The van der Waals surface area contributed by atoms with Gasteiger partial charge in [0.15, 0.2) is 0 Å². The second-order valence-electron chi connectivity index (χ2n) is 27.3. The number of nitrogens with zero attached hydrogens (tertiary/aromatic N) is 1. The molecule has 41 heteroatoms. The lowest BCUT2D eigenvalue weighted by Gasteiger charge is -2.31. The van der Waals surface area contributed by atoms with E-state index in [2.05, 4.69) is 76.4 Å². The number of aliphatic carboxylic acids is 2. The summed E-state index contributed by atoms with van der Waals surface area (Å²) < 4.78 is 0. The average molecular weight is 1540 g/mol. The first-order chi connectivity index (χ1) is 50.1. The van der Waals surface area contributed by atoms with Gasteiger partial charge in [-0.1, -0.05) is 68.2 Å². The molecule has 0 radical (unpaired) electrons. The Balaban J connectivity index is 3.48. The summed E-state index contributed by atoms with van der Waals surface area (Å²) >= 11 is 3.94. The number of nitrogens with one attached hydrogen (secondary N) is 13. The van der Waals surface area contributed by atoms with Crippen molar-refractivity contribution in [2.75, 3.05) is 38.6 Å². The Bertz CT molecular complexity index is 3090. The molecule has 0 bridgehead atoms. The lowest BCUT2D eigenvalue weighted by atomic mass is 9.96. The molecule has 25 N–H and O–H groups in total. The number of hydrogen-bond acceptors (Lipinski definition) is 23. The Morgan fingerprint density at radius 3 is 1.36 bits per heavy atom. The number of carbonyl (C=O) groups is 18. The number of nitrogens with two attached hydrogens (primary N) is 4. The summed E-state index contributed by atoms with van der Waals surface area (Å²) in [4.78, 5) is 241. The number of primary amides is 2. The van der Waals surface area contributed by atoms with Crippen molar-refractivity contribution in [2.24, 2.45) is 46.6 Å². The number of carboxylic acids is 2. The number of carboxylic acid groups (broad SMARTS) is 2. The molecule has 0 aromatic heterocycles. The van der Waals surface area contributed by atoms with Crippen LogP contribution in [0.4, 0.5) is 0 Å². The molecule has 40 nitrogen and oxygen atoms in total. The minimum atomic E-state index is -1.92. The van der Waals surface area contributed by atoms with Crippen LogP contribution < -0.4 is 92.1 Å². The smallest absolute Gasteiger partial charge is 0.328 e. The maximum absolute atomic E-state index is 14.5. The van der Waals surface area contributed by atoms with Crippen LogP contribution >= 0.6 is 12.6 Å². The molecule has 1 aliphatic rings. The zero-order valence-electron chi connectivity index (χ0n) is 62.4. The highest BCUT2D eigenvalue weighted by Crippen LogP contribution is 2.21. The first kappa shape index (κ1) is 95.7. The summed E-state index contributed by atoms with van der Waals surface area (Å²) in [5, 5.41) is 70.0. The van der Waals surface area contributed by atoms with Gasteiger partial charge in [0.1, 0.15) is 78.5 Å². The Kier molecular flexibility index (Phi) is 43.6. The number of aliphatic hydroxyl groups is 2. The number of hydrogen-bond donors (Lipinski definition) is 22. The van der Waals surface area contributed by atoms with Crippen LogP contribution in [0.2, 0.25) is 0 Å². The van der Waals surface area contributed by atoms with Gasteiger partial charge in [-0.05, 0) is 102 Å². The van der Waals surface area contributed by atoms with E-state index in [9.17, 15) is 107 Å². The van der Waals surface area contributed by atoms with Gasteiger partial charge in [0, 0.05) is 25.1 Å². The van der Waals surface area contributed by atoms with Crippen LogP contribution in [0.3, 0.4) is 0 Å². The summed E-state index contributed by atoms with van der Waals surface area (Å²) in [6.07, 6.45) is -1.97. The van der Waals surface area contributed by atoms with Gasteiger partial charge in [-0.2, -0.15) is 12.6 Å². The molecule has 0 saturated carbocycles. The fourth-order valence-corrected chi connectivity index (χ4v) is 11.0. The normalized spacial score (nSPS) is 16.8. The van der Waals surface area contributed by atoms with Gasteiger partial charge >= 0.3 is 11.9 Å². The van der Waals surface area contributed by atoms with Crippen molar-refractivity contribution in [2.45, 2.75) is 244 Å². The van der Waals surface area contributed by atoms with Crippen molar-refractivity contribution < 1.29 is 107 Å². The van der Waals surface area contributed by atoms with E-state index in [1.54, 1.807) is 48.5 Å². The molecule has 1 heterocycles. The standard InChI is InChI=1S/C66H114N18O22S/c1-11-33(7)51(82-53(92)35(9)72-49(89)27-71-54(93)37(68)30-107)64(103)80-44(28-85)61(100)78-41(24-31(3)4)58(97)73-36(10)65(104)84-23-15-17-46(84)62(101)76-38(16-13-14-22-67)55(94)77-42(25-32(5)6)59(98)74-39(18-20-47(69)87)57(96)83-52(34(8)12-2)63(102)79-43(26-48(70)88)60(99)75-40(19-21-50(90)91)56(95)81-45(29-86)66(105)106/h31-46,51-52,85-86,107H,11-30,67-68H2,1-10H3,(H2,69,87)(H2,70,88)(H,71,93)(H,72,89)(H,73,97)(H,74,98)(H,75,99)(H,76,101)(H,77,94)(H,78,100)(H,79,102)(H,80,103)(H,81,95)(H,82,92)(H,83,96)(H,90,91)(H,105,106)/t33-,34-,35-,36-,37-,38-,39-,40-,41-,42-,43-,44-,45-,46-,51-,52-/m0/s1. The van der Waals surface area contributed by atoms with Gasteiger partial charge in [0.05, 0.1) is 32.2 Å². The fraction of sp³-hybridized carbons (Fsp3) is 0.727. The highest BCUT2D eigenvalue weighted by atomic mass is 32.1. The van der Waals surface area contributed by atoms with Crippen molar-refractivity contribution >= 4 is 119 Å². The molecule has 606 valence electrons. The molecule has 1 saturated heterocycles. The molecule has 1 fully saturated rings. The molecule has 0 aliphatic carbocycles. The first-order valence-electron chi connectivity index (χ1n) is 35.6. The maximum atomic E-state index is 14.5. The van der Waals surface area contributed by atoms with Crippen LogP contribution in [-0.4, -0.2) is 255 Å². The predicted octanol–water partition coefficient (Wildman–Crippen LogP) is -7.40. The van der Waals surface area contributed by atoms with E-state index < -0.39 is 255 Å². The molecular weight excluding hydrogens is 1430 g/mol. The SMILES string of the molecule is CC[C@H](C)[C@H](NC(=O)[C@H](C)NC(=O)CNC(=O)[C@@H](N)CS)C(=O)N[C@@H](CO)C(=O)N[C@@H](CC(C)C)C(=O)N[C@@H](C)C(=O)N1CCC[C@H]1C(=O)N[C@@H](CCCCN)C(=O)N[C@@H](CC(C)C)C(=O)N[C@@H](CCC(N)=O)C(=O)N[C@H](C(=O)N[C@@H](CC(N)=O)C(=O)N[C@@H](CCC(=O)O)C(=O)N[C@@H](CO)C(=O)O)[C@@H](C)CC. The number of unbranched alkanes of at least 4 members (excludes halogenated alkanes) is 1. The van der Waals surface area contributed by atoms with Gasteiger partial charge in [0.25, 0.3) is 0 Å². The van der Waals surface area contributed by atoms with Gasteiger partial charge < -0.3 is 117 Å². The van der Waals surface area contributed by atoms with E-state index in [1.807, 2.05) is 5.32 Å². The molecule has 0 aromatic rings. The molecule has 0 unspecified atom stereocenters. The number of rotatable bonds is 51. The summed E-state index contributed by atoms with van der Waals surface area (Å²) in [6, 6.07) is -20.9.